The van der Waals surface area contributed by atoms with Gasteiger partial charge in [0.1, 0.15) is 5.75 Å². The molecule has 0 aliphatic carbocycles. The van der Waals surface area contributed by atoms with Crippen molar-refractivity contribution in [3.05, 3.63) is 78.4 Å². The number of benzene rings is 3. The van der Waals surface area contributed by atoms with Gasteiger partial charge in [0, 0.05) is 24.3 Å². The molecule has 31 heavy (non-hydrogen) atoms. The number of ether oxygens (including phenoxy) is 2. The zero-order valence-corrected chi connectivity index (χ0v) is 17.3. The summed E-state index contributed by atoms with van der Waals surface area (Å²) in [5, 5.41) is 2.90. The molecule has 1 saturated heterocycles. The summed E-state index contributed by atoms with van der Waals surface area (Å²) >= 11 is 0. The molecule has 0 spiro atoms. The first-order valence-electron chi connectivity index (χ1n) is 10.2. The van der Waals surface area contributed by atoms with Crippen molar-refractivity contribution in [2.45, 2.75) is 19.3 Å². The molecule has 1 fully saturated rings. The molecule has 0 bridgehead atoms. The van der Waals surface area contributed by atoms with Crippen LogP contribution in [0.3, 0.4) is 0 Å². The number of nitrogens with one attached hydrogen (secondary N) is 1. The van der Waals surface area contributed by atoms with Crippen LogP contribution in [-0.4, -0.2) is 25.5 Å². The number of carbonyl (C=O) groups is 2. The lowest BCUT2D eigenvalue weighted by Crippen LogP contribution is -2.23. The standard InChI is InChI=1S/C25H24N2O4/c1-30-22-5-2-3-6-23(22)31-21-14-10-19(11-15-21)26-24(28)17-18-8-12-20(13-9-18)27-16-4-7-25(27)29/h2-3,5-6,8-15H,4,7,16-17H2,1H3,(H,26,28). The number of para-hydroxylation sites is 2. The van der Waals surface area contributed by atoms with E-state index in [4.69, 9.17) is 9.47 Å². The predicted octanol–water partition coefficient (Wildman–Crippen LogP) is 4.80. The Morgan fingerprint density at radius 1 is 0.968 bits per heavy atom. The number of hydrogen-bond acceptors (Lipinski definition) is 4. The average Bonchev–Trinajstić information content (AvgIpc) is 3.22. The Bertz CT molecular complexity index is 1060. The molecule has 0 unspecified atom stereocenters. The fraction of sp³-hybridized carbons (Fsp3) is 0.200. The third kappa shape index (κ3) is 5.04. The molecular formula is C25H24N2O4. The SMILES string of the molecule is COc1ccccc1Oc1ccc(NC(=O)Cc2ccc(N3CCCC3=O)cc2)cc1. The number of rotatable bonds is 7. The van der Waals surface area contributed by atoms with Crippen LogP contribution in [0.5, 0.6) is 17.2 Å². The Morgan fingerprint density at radius 3 is 2.32 bits per heavy atom. The van der Waals surface area contributed by atoms with Gasteiger partial charge >= 0.3 is 0 Å². The second kappa shape index (κ2) is 9.34. The molecule has 1 N–H and O–H groups in total. The second-order valence-corrected chi connectivity index (χ2v) is 7.32. The summed E-state index contributed by atoms with van der Waals surface area (Å²) in [7, 11) is 1.60. The van der Waals surface area contributed by atoms with E-state index in [1.54, 1.807) is 36.3 Å². The van der Waals surface area contributed by atoms with E-state index in [9.17, 15) is 9.59 Å². The summed E-state index contributed by atoms with van der Waals surface area (Å²) in [4.78, 5) is 26.0. The number of nitrogens with zero attached hydrogens (tertiary/aromatic N) is 1. The van der Waals surface area contributed by atoms with Crippen LogP contribution in [0.1, 0.15) is 18.4 Å². The van der Waals surface area contributed by atoms with Crippen LogP contribution in [0, 0.1) is 0 Å². The summed E-state index contributed by atoms with van der Waals surface area (Å²) < 4.78 is 11.1. The zero-order valence-electron chi connectivity index (χ0n) is 17.3. The number of carbonyl (C=O) groups excluding carboxylic acids is 2. The van der Waals surface area contributed by atoms with Gasteiger partial charge in [0.2, 0.25) is 11.8 Å². The minimum absolute atomic E-state index is 0.108. The van der Waals surface area contributed by atoms with E-state index < -0.39 is 0 Å². The highest BCUT2D eigenvalue weighted by atomic mass is 16.5. The molecule has 3 aromatic rings. The molecule has 6 heteroatoms. The largest absolute Gasteiger partial charge is 0.493 e. The van der Waals surface area contributed by atoms with E-state index in [0.29, 0.717) is 29.4 Å². The Labute approximate surface area is 181 Å². The average molecular weight is 416 g/mol. The summed E-state index contributed by atoms with van der Waals surface area (Å²) in [6.07, 6.45) is 1.76. The molecular weight excluding hydrogens is 392 g/mol. The van der Waals surface area contributed by atoms with Crippen molar-refractivity contribution in [1.82, 2.24) is 0 Å². The Balaban J connectivity index is 1.33. The van der Waals surface area contributed by atoms with E-state index in [0.717, 1.165) is 24.2 Å². The van der Waals surface area contributed by atoms with E-state index in [1.807, 2.05) is 48.5 Å². The van der Waals surface area contributed by atoms with E-state index in [2.05, 4.69) is 5.32 Å². The van der Waals surface area contributed by atoms with E-state index >= 15 is 0 Å². The molecule has 1 heterocycles. The van der Waals surface area contributed by atoms with Crippen molar-refractivity contribution < 1.29 is 19.1 Å². The van der Waals surface area contributed by atoms with Gasteiger partial charge in [0.15, 0.2) is 11.5 Å². The lowest BCUT2D eigenvalue weighted by Gasteiger charge is -2.16. The van der Waals surface area contributed by atoms with Crippen molar-refractivity contribution in [1.29, 1.82) is 0 Å². The molecule has 1 aliphatic heterocycles. The fourth-order valence-corrected chi connectivity index (χ4v) is 3.54. The van der Waals surface area contributed by atoms with Crippen LogP contribution in [0.2, 0.25) is 0 Å². The predicted molar refractivity (Wildman–Crippen MR) is 120 cm³/mol. The normalized spacial score (nSPS) is 13.2. The molecule has 0 aromatic heterocycles. The van der Waals surface area contributed by atoms with Gasteiger partial charge in [-0.25, -0.2) is 0 Å². The van der Waals surface area contributed by atoms with Crippen LogP contribution in [0.4, 0.5) is 11.4 Å². The minimum atomic E-state index is -0.108. The first-order chi connectivity index (χ1) is 15.1. The first-order valence-corrected chi connectivity index (χ1v) is 10.2. The van der Waals surface area contributed by atoms with Crippen LogP contribution < -0.4 is 19.7 Å². The molecule has 4 rings (SSSR count). The molecule has 1 aliphatic rings. The van der Waals surface area contributed by atoms with Crippen LogP contribution in [0.25, 0.3) is 0 Å². The van der Waals surface area contributed by atoms with Gasteiger partial charge in [-0.3, -0.25) is 9.59 Å². The second-order valence-electron chi connectivity index (χ2n) is 7.32. The zero-order chi connectivity index (χ0) is 21.6. The molecule has 2 amide bonds. The highest BCUT2D eigenvalue weighted by Gasteiger charge is 2.21. The summed E-state index contributed by atoms with van der Waals surface area (Å²) in [6, 6.07) is 22.2. The Morgan fingerprint density at radius 2 is 1.68 bits per heavy atom. The Kier molecular flexibility index (Phi) is 6.17. The van der Waals surface area contributed by atoms with E-state index in [-0.39, 0.29) is 18.2 Å². The number of methoxy groups -OCH3 is 1. The Hall–Kier alpha value is -3.80. The van der Waals surface area contributed by atoms with Crippen molar-refractivity contribution in [2.75, 3.05) is 23.9 Å². The topological polar surface area (TPSA) is 67.9 Å². The van der Waals surface area contributed by atoms with Crippen LogP contribution >= 0.6 is 0 Å². The van der Waals surface area contributed by atoms with Gasteiger partial charge in [-0.15, -0.1) is 0 Å². The van der Waals surface area contributed by atoms with Gasteiger partial charge in [0.25, 0.3) is 0 Å². The highest BCUT2D eigenvalue weighted by molar-refractivity contribution is 5.95. The van der Waals surface area contributed by atoms with Gasteiger partial charge in [-0.05, 0) is 60.5 Å². The van der Waals surface area contributed by atoms with Gasteiger partial charge in [0.05, 0.1) is 13.5 Å². The summed E-state index contributed by atoms with van der Waals surface area (Å²) in [5.74, 6) is 1.97. The molecule has 6 nitrogen and oxygen atoms in total. The quantitative estimate of drug-likeness (QED) is 0.601. The van der Waals surface area contributed by atoms with Crippen molar-refractivity contribution >= 4 is 23.2 Å². The first kappa shape index (κ1) is 20.5. The monoisotopic (exact) mass is 416 g/mol. The maximum atomic E-state index is 12.4. The van der Waals surface area contributed by atoms with Crippen molar-refractivity contribution in [3.8, 4) is 17.2 Å². The maximum absolute atomic E-state index is 12.4. The molecule has 0 atom stereocenters. The molecule has 0 saturated carbocycles. The van der Waals surface area contributed by atoms with Crippen LogP contribution in [0.15, 0.2) is 72.8 Å². The summed E-state index contributed by atoms with van der Waals surface area (Å²) in [6.45, 7) is 0.759. The third-order valence-corrected chi connectivity index (χ3v) is 5.12. The highest BCUT2D eigenvalue weighted by Crippen LogP contribution is 2.31. The van der Waals surface area contributed by atoms with Gasteiger partial charge < -0.3 is 19.7 Å². The van der Waals surface area contributed by atoms with E-state index in [1.165, 1.54) is 0 Å². The minimum Gasteiger partial charge on any atom is -0.493 e. The molecule has 158 valence electrons. The molecule has 3 aromatic carbocycles. The van der Waals surface area contributed by atoms with Crippen molar-refractivity contribution in [2.24, 2.45) is 0 Å². The van der Waals surface area contributed by atoms with Gasteiger partial charge in [-0.2, -0.15) is 0 Å². The lowest BCUT2D eigenvalue weighted by atomic mass is 10.1. The van der Waals surface area contributed by atoms with Gasteiger partial charge in [-0.1, -0.05) is 24.3 Å². The molecule has 0 radical (unpaired) electrons. The number of anilines is 2. The third-order valence-electron chi connectivity index (χ3n) is 5.12. The number of hydrogen-bond donors (Lipinski definition) is 1. The van der Waals surface area contributed by atoms with Crippen LogP contribution in [-0.2, 0) is 16.0 Å². The lowest BCUT2D eigenvalue weighted by molar-refractivity contribution is -0.117. The summed E-state index contributed by atoms with van der Waals surface area (Å²) in [5.41, 5.74) is 2.47. The fourth-order valence-electron chi connectivity index (χ4n) is 3.54. The maximum Gasteiger partial charge on any atom is 0.228 e. The number of amides is 2. The smallest absolute Gasteiger partial charge is 0.228 e. The van der Waals surface area contributed by atoms with Crippen molar-refractivity contribution in [3.63, 3.8) is 0 Å².